The normalized spacial score (nSPS) is 20.8. The van der Waals surface area contributed by atoms with Gasteiger partial charge in [0.1, 0.15) is 0 Å². The van der Waals surface area contributed by atoms with Gasteiger partial charge in [0.2, 0.25) is 0 Å². The van der Waals surface area contributed by atoms with Gasteiger partial charge in [0.25, 0.3) is 0 Å². The van der Waals surface area contributed by atoms with Crippen LogP contribution in [0.4, 0.5) is 4.79 Å². The molecular weight excluding hydrogens is 156 g/mol. The third kappa shape index (κ3) is 2.09. The van der Waals surface area contributed by atoms with Gasteiger partial charge < -0.3 is 10.6 Å². The van der Waals surface area contributed by atoms with Crippen LogP contribution in [0, 0.1) is 0 Å². The third-order valence-electron chi connectivity index (χ3n) is 2.34. The standard InChI is InChI=1S/C7H16N4O/c1-10-4-2-6(3-5-10)11(9)7(8)12/h6H,2-5,9H2,1H3,(H2,8,12). The second-order valence-corrected chi connectivity index (χ2v) is 3.28. The zero-order chi connectivity index (χ0) is 9.14. The Morgan fingerprint density at radius 2 is 2.00 bits per heavy atom. The number of hydrogen-bond donors (Lipinski definition) is 2. The second kappa shape index (κ2) is 3.73. The molecule has 5 heteroatoms. The number of urea groups is 1. The van der Waals surface area contributed by atoms with Crippen LogP contribution in [0.3, 0.4) is 0 Å². The molecule has 1 heterocycles. The number of likely N-dealkylation sites (tertiary alicyclic amines) is 1. The Morgan fingerprint density at radius 3 is 2.42 bits per heavy atom. The molecule has 0 bridgehead atoms. The number of hydrazine groups is 1. The lowest BCUT2D eigenvalue weighted by molar-refractivity contribution is 0.138. The number of nitrogens with two attached hydrogens (primary N) is 2. The first-order valence-electron chi connectivity index (χ1n) is 4.13. The topological polar surface area (TPSA) is 75.6 Å². The Morgan fingerprint density at radius 1 is 1.50 bits per heavy atom. The van der Waals surface area contributed by atoms with Gasteiger partial charge >= 0.3 is 6.03 Å². The van der Waals surface area contributed by atoms with E-state index < -0.39 is 6.03 Å². The molecule has 12 heavy (non-hydrogen) atoms. The fourth-order valence-electron chi connectivity index (χ4n) is 1.45. The first-order chi connectivity index (χ1) is 5.61. The molecule has 1 fully saturated rings. The van der Waals surface area contributed by atoms with E-state index in [4.69, 9.17) is 11.6 Å². The van der Waals surface area contributed by atoms with Gasteiger partial charge in [-0.25, -0.2) is 10.6 Å². The summed E-state index contributed by atoms with van der Waals surface area (Å²) in [6, 6.07) is -0.414. The summed E-state index contributed by atoms with van der Waals surface area (Å²) in [6.07, 6.45) is 1.83. The molecule has 0 aromatic carbocycles. The first kappa shape index (κ1) is 9.28. The van der Waals surface area contributed by atoms with Crippen molar-refractivity contribution in [2.45, 2.75) is 18.9 Å². The van der Waals surface area contributed by atoms with Crippen LogP contribution in [0.25, 0.3) is 0 Å². The van der Waals surface area contributed by atoms with Crippen LogP contribution < -0.4 is 11.6 Å². The molecule has 0 aromatic rings. The summed E-state index contributed by atoms with van der Waals surface area (Å²) < 4.78 is 0. The summed E-state index contributed by atoms with van der Waals surface area (Å²) in [7, 11) is 2.06. The van der Waals surface area contributed by atoms with Crippen molar-refractivity contribution in [2.24, 2.45) is 11.6 Å². The Balaban J connectivity index is 2.39. The molecule has 5 nitrogen and oxygen atoms in total. The number of rotatable bonds is 1. The number of nitrogens with zero attached hydrogens (tertiary/aromatic N) is 2. The van der Waals surface area contributed by atoms with Crippen molar-refractivity contribution in [2.75, 3.05) is 20.1 Å². The number of piperidine rings is 1. The van der Waals surface area contributed by atoms with Crippen molar-refractivity contribution in [3.63, 3.8) is 0 Å². The molecule has 0 saturated carbocycles. The minimum absolute atomic E-state index is 0.124. The molecule has 0 radical (unpaired) electrons. The highest BCUT2D eigenvalue weighted by molar-refractivity contribution is 5.71. The monoisotopic (exact) mass is 172 g/mol. The van der Waals surface area contributed by atoms with E-state index in [1.807, 2.05) is 0 Å². The molecule has 1 saturated heterocycles. The van der Waals surface area contributed by atoms with Gasteiger partial charge in [-0.05, 0) is 33.0 Å². The van der Waals surface area contributed by atoms with Crippen LogP contribution in [-0.4, -0.2) is 42.1 Å². The molecule has 4 N–H and O–H groups in total. The van der Waals surface area contributed by atoms with Gasteiger partial charge in [-0.3, -0.25) is 5.01 Å². The van der Waals surface area contributed by atoms with Crippen molar-refractivity contribution in [3.8, 4) is 0 Å². The van der Waals surface area contributed by atoms with Crippen molar-refractivity contribution >= 4 is 6.03 Å². The highest BCUT2D eigenvalue weighted by Gasteiger charge is 2.22. The molecule has 0 atom stereocenters. The molecule has 0 spiro atoms. The van der Waals surface area contributed by atoms with Crippen LogP contribution in [-0.2, 0) is 0 Å². The molecule has 2 amide bonds. The lowest BCUT2D eigenvalue weighted by atomic mass is 10.1. The van der Waals surface area contributed by atoms with E-state index in [0.29, 0.717) is 0 Å². The molecule has 0 unspecified atom stereocenters. The van der Waals surface area contributed by atoms with E-state index in [1.54, 1.807) is 0 Å². The maximum Gasteiger partial charge on any atom is 0.329 e. The van der Waals surface area contributed by atoms with Gasteiger partial charge in [0.15, 0.2) is 0 Å². The number of hydrogen-bond acceptors (Lipinski definition) is 3. The highest BCUT2D eigenvalue weighted by atomic mass is 16.2. The molecule has 0 aliphatic carbocycles. The summed E-state index contributed by atoms with van der Waals surface area (Å²) >= 11 is 0. The maximum absolute atomic E-state index is 10.7. The van der Waals surface area contributed by atoms with Crippen molar-refractivity contribution in [1.82, 2.24) is 9.91 Å². The van der Waals surface area contributed by atoms with Crippen molar-refractivity contribution in [1.29, 1.82) is 0 Å². The fraction of sp³-hybridized carbons (Fsp3) is 0.857. The lowest BCUT2D eigenvalue weighted by Gasteiger charge is -2.33. The molecule has 1 aliphatic heterocycles. The van der Waals surface area contributed by atoms with Crippen LogP contribution in [0.5, 0.6) is 0 Å². The zero-order valence-corrected chi connectivity index (χ0v) is 7.36. The molecule has 1 aliphatic rings. The van der Waals surface area contributed by atoms with E-state index in [1.165, 1.54) is 0 Å². The van der Waals surface area contributed by atoms with Crippen molar-refractivity contribution in [3.05, 3.63) is 0 Å². The van der Waals surface area contributed by atoms with Crippen LogP contribution >= 0.6 is 0 Å². The first-order valence-corrected chi connectivity index (χ1v) is 4.13. The third-order valence-corrected chi connectivity index (χ3v) is 2.34. The van der Waals surface area contributed by atoms with Gasteiger partial charge in [0.05, 0.1) is 6.04 Å². The van der Waals surface area contributed by atoms with E-state index in [2.05, 4.69) is 11.9 Å². The number of primary amides is 1. The van der Waals surface area contributed by atoms with Gasteiger partial charge in [-0.15, -0.1) is 0 Å². The van der Waals surface area contributed by atoms with Crippen LogP contribution in [0.1, 0.15) is 12.8 Å². The lowest BCUT2D eigenvalue weighted by Crippen LogP contribution is -2.52. The number of amides is 2. The maximum atomic E-state index is 10.7. The van der Waals surface area contributed by atoms with Gasteiger partial charge in [-0.1, -0.05) is 0 Å². The summed E-state index contributed by atoms with van der Waals surface area (Å²) in [4.78, 5) is 12.9. The molecule has 1 rings (SSSR count). The second-order valence-electron chi connectivity index (χ2n) is 3.28. The smallest absolute Gasteiger partial charge is 0.329 e. The summed E-state index contributed by atoms with van der Waals surface area (Å²) in [5.74, 6) is 5.48. The Bertz CT molecular complexity index is 165. The molecule has 70 valence electrons. The number of carbonyl (C=O) groups excluding carboxylic acids is 1. The predicted molar refractivity (Wildman–Crippen MR) is 46.1 cm³/mol. The summed E-state index contributed by atoms with van der Waals surface area (Å²) in [5, 5.41) is 1.15. The fourth-order valence-corrected chi connectivity index (χ4v) is 1.45. The average molecular weight is 172 g/mol. The molecular formula is C7H16N4O. The SMILES string of the molecule is CN1CCC(N(N)C(N)=O)CC1. The van der Waals surface area contributed by atoms with Gasteiger partial charge in [-0.2, -0.15) is 0 Å². The van der Waals surface area contributed by atoms with Gasteiger partial charge in [0, 0.05) is 0 Å². The van der Waals surface area contributed by atoms with Crippen molar-refractivity contribution < 1.29 is 4.79 Å². The minimum Gasteiger partial charge on any atom is -0.350 e. The largest absolute Gasteiger partial charge is 0.350 e. The quantitative estimate of drug-likeness (QED) is 0.313. The zero-order valence-electron chi connectivity index (χ0n) is 7.36. The Kier molecular flexibility index (Phi) is 2.88. The van der Waals surface area contributed by atoms with E-state index in [-0.39, 0.29) is 6.04 Å². The van der Waals surface area contributed by atoms with E-state index in [0.717, 1.165) is 30.9 Å². The number of carbonyl (C=O) groups is 1. The van der Waals surface area contributed by atoms with E-state index in [9.17, 15) is 4.79 Å². The highest BCUT2D eigenvalue weighted by Crippen LogP contribution is 2.12. The summed E-state index contributed by atoms with van der Waals surface area (Å²) in [5.41, 5.74) is 5.05. The predicted octanol–water partition coefficient (Wildman–Crippen LogP) is -0.665. The van der Waals surface area contributed by atoms with E-state index >= 15 is 0 Å². The summed E-state index contributed by atoms with van der Waals surface area (Å²) in [6.45, 7) is 1.96. The average Bonchev–Trinajstić information content (AvgIpc) is 2.04. The Hall–Kier alpha value is -0.810. The van der Waals surface area contributed by atoms with Crippen LogP contribution in [0.2, 0.25) is 0 Å². The Labute approximate surface area is 72.3 Å². The minimum atomic E-state index is -0.537. The van der Waals surface area contributed by atoms with Crippen LogP contribution in [0.15, 0.2) is 0 Å². The molecule has 0 aromatic heterocycles.